The molecule has 1 aromatic carbocycles. The first-order valence-corrected chi connectivity index (χ1v) is 8.74. The number of amides is 1. The molecule has 1 unspecified atom stereocenters. The van der Waals surface area contributed by atoms with Gasteiger partial charge in [0.2, 0.25) is 5.91 Å². The summed E-state index contributed by atoms with van der Waals surface area (Å²) in [6.45, 7) is 1.86. The van der Waals surface area contributed by atoms with Crippen LogP contribution in [-0.4, -0.2) is 36.7 Å². The molecule has 5 nitrogen and oxygen atoms in total. The van der Waals surface area contributed by atoms with E-state index in [1.807, 2.05) is 18.2 Å². The van der Waals surface area contributed by atoms with Crippen molar-refractivity contribution in [3.05, 3.63) is 35.9 Å². The highest BCUT2D eigenvalue weighted by molar-refractivity contribution is 5.80. The molecular formula is C19H25NO4. The average Bonchev–Trinajstić information content (AvgIpc) is 3.11. The van der Waals surface area contributed by atoms with E-state index in [9.17, 15) is 14.7 Å². The first-order valence-electron chi connectivity index (χ1n) is 8.74. The zero-order valence-corrected chi connectivity index (χ0v) is 13.9. The Bertz CT molecular complexity index is 580. The number of carbonyl (C=O) groups is 2. The van der Waals surface area contributed by atoms with Crippen LogP contribution in [0.5, 0.6) is 0 Å². The van der Waals surface area contributed by atoms with Crippen molar-refractivity contribution >= 4 is 11.9 Å². The van der Waals surface area contributed by atoms with Crippen molar-refractivity contribution in [1.82, 2.24) is 5.32 Å². The predicted octanol–water partition coefficient (Wildman–Crippen LogP) is 2.35. The van der Waals surface area contributed by atoms with E-state index in [1.165, 1.54) is 5.56 Å². The van der Waals surface area contributed by atoms with Crippen molar-refractivity contribution in [2.75, 3.05) is 19.8 Å². The van der Waals surface area contributed by atoms with Gasteiger partial charge in [-0.25, -0.2) is 0 Å². The highest BCUT2D eigenvalue weighted by Crippen LogP contribution is 2.33. The van der Waals surface area contributed by atoms with Crippen LogP contribution in [0.3, 0.4) is 0 Å². The molecule has 3 atom stereocenters. The monoisotopic (exact) mass is 331 g/mol. The largest absolute Gasteiger partial charge is 0.481 e. The second-order valence-electron chi connectivity index (χ2n) is 7.07. The molecule has 1 saturated carbocycles. The Morgan fingerprint density at radius 2 is 1.96 bits per heavy atom. The summed E-state index contributed by atoms with van der Waals surface area (Å²) in [6.07, 6.45) is 3.61. The number of carboxylic acids is 1. The van der Waals surface area contributed by atoms with E-state index in [0.717, 1.165) is 19.3 Å². The fourth-order valence-corrected chi connectivity index (χ4v) is 3.92. The summed E-state index contributed by atoms with van der Waals surface area (Å²) < 4.78 is 5.61. The van der Waals surface area contributed by atoms with Crippen LogP contribution in [0.1, 0.15) is 37.7 Å². The molecule has 2 N–H and O–H groups in total. The zero-order chi connectivity index (χ0) is 17.0. The van der Waals surface area contributed by atoms with E-state index in [0.29, 0.717) is 32.6 Å². The van der Waals surface area contributed by atoms with Gasteiger partial charge in [0, 0.05) is 24.5 Å². The topological polar surface area (TPSA) is 75.6 Å². The van der Waals surface area contributed by atoms with Crippen molar-refractivity contribution in [3.8, 4) is 0 Å². The van der Waals surface area contributed by atoms with Crippen molar-refractivity contribution < 1.29 is 19.4 Å². The number of rotatable bonds is 5. The third-order valence-corrected chi connectivity index (χ3v) is 5.48. The standard InChI is InChI=1S/C19H25NO4/c21-17(14-5-4-6-15(11-14)18(22)23)20-12-19(9-10-24-13-19)16-7-2-1-3-8-16/h1-3,7-8,14-15H,4-6,9-13H2,(H,20,21)(H,22,23)/t14-,15+,19?/m1/s1. The fraction of sp³-hybridized carbons (Fsp3) is 0.579. The molecule has 1 aliphatic carbocycles. The Balaban J connectivity index is 1.63. The van der Waals surface area contributed by atoms with Crippen molar-refractivity contribution in [2.45, 2.75) is 37.5 Å². The van der Waals surface area contributed by atoms with E-state index in [4.69, 9.17) is 4.74 Å². The van der Waals surface area contributed by atoms with Crippen LogP contribution in [0.15, 0.2) is 30.3 Å². The summed E-state index contributed by atoms with van der Waals surface area (Å²) >= 11 is 0. The summed E-state index contributed by atoms with van der Waals surface area (Å²) in [5, 5.41) is 12.3. The average molecular weight is 331 g/mol. The van der Waals surface area contributed by atoms with Gasteiger partial charge in [-0.15, -0.1) is 0 Å². The molecule has 0 spiro atoms. The van der Waals surface area contributed by atoms with E-state index in [2.05, 4.69) is 17.4 Å². The van der Waals surface area contributed by atoms with Crippen LogP contribution in [0, 0.1) is 11.8 Å². The number of benzene rings is 1. The SMILES string of the molecule is O=C(O)[C@H]1CCC[C@@H](C(=O)NCC2(c3ccccc3)CCOC2)C1. The lowest BCUT2D eigenvalue weighted by molar-refractivity contribution is -0.144. The number of hydrogen-bond acceptors (Lipinski definition) is 3. The first kappa shape index (κ1) is 17.0. The van der Waals surface area contributed by atoms with Crippen LogP contribution in [0.4, 0.5) is 0 Å². The van der Waals surface area contributed by atoms with Crippen LogP contribution >= 0.6 is 0 Å². The van der Waals surface area contributed by atoms with Crippen LogP contribution in [-0.2, 0) is 19.7 Å². The number of nitrogens with one attached hydrogen (secondary N) is 1. The number of carboxylic acid groups (broad SMARTS) is 1. The van der Waals surface area contributed by atoms with Crippen LogP contribution in [0.2, 0.25) is 0 Å². The van der Waals surface area contributed by atoms with E-state index < -0.39 is 5.97 Å². The van der Waals surface area contributed by atoms with Gasteiger partial charge < -0.3 is 15.2 Å². The summed E-state index contributed by atoms with van der Waals surface area (Å²) in [5.74, 6) is -1.36. The molecule has 1 saturated heterocycles. The quantitative estimate of drug-likeness (QED) is 0.868. The van der Waals surface area contributed by atoms with Crippen LogP contribution < -0.4 is 5.32 Å². The molecule has 0 aromatic heterocycles. The maximum Gasteiger partial charge on any atom is 0.306 e. The number of ether oxygens (including phenoxy) is 1. The second kappa shape index (κ2) is 7.34. The maximum atomic E-state index is 12.6. The minimum absolute atomic E-state index is 0.0110. The molecule has 0 bridgehead atoms. The fourth-order valence-electron chi connectivity index (χ4n) is 3.92. The van der Waals surface area contributed by atoms with Gasteiger partial charge >= 0.3 is 5.97 Å². The van der Waals surface area contributed by atoms with Gasteiger partial charge in [-0.1, -0.05) is 36.8 Å². The Morgan fingerprint density at radius 3 is 2.62 bits per heavy atom. The van der Waals surface area contributed by atoms with Crippen molar-refractivity contribution in [1.29, 1.82) is 0 Å². The first-order chi connectivity index (χ1) is 11.6. The molecule has 3 rings (SSSR count). The summed E-state index contributed by atoms with van der Waals surface area (Å²) in [4.78, 5) is 23.7. The van der Waals surface area contributed by atoms with Gasteiger partial charge in [-0.2, -0.15) is 0 Å². The molecule has 5 heteroatoms. The second-order valence-corrected chi connectivity index (χ2v) is 7.07. The minimum atomic E-state index is -0.780. The maximum absolute atomic E-state index is 12.6. The van der Waals surface area contributed by atoms with Gasteiger partial charge in [0.15, 0.2) is 0 Å². The highest BCUT2D eigenvalue weighted by Gasteiger charge is 2.38. The van der Waals surface area contributed by atoms with Crippen molar-refractivity contribution in [2.24, 2.45) is 11.8 Å². The normalized spacial score (nSPS) is 30.0. The molecule has 1 heterocycles. The predicted molar refractivity (Wildman–Crippen MR) is 89.6 cm³/mol. The molecule has 1 amide bonds. The lowest BCUT2D eigenvalue weighted by Gasteiger charge is -2.31. The summed E-state index contributed by atoms with van der Waals surface area (Å²) in [6, 6.07) is 10.2. The van der Waals surface area contributed by atoms with Gasteiger partial charge in [0.05, 0.1) is 12.5 Å². The molecule has 0 radical (unpaired) electrons. The van der Waals surface area contributed by atoms with Gasteiger partial charge in [-0.05, 0) is 31.2 Å². The molecule has 2 aliphatic rings. The lowest BCUT2D eigenvalue weighted by Crippen LogP contribution is -2.44. The highest BCUT2D eigenvalue weighted by atomic mass is 16.5. The number of carbonyl (C=O) groups excluding carboxylic acids is 1. The van der Waals surface area contributed by atoms with Crippen LogP contribution in [0.25, 0.3) is 0 Å². The third kappa shape index (κ3) is 3.61. The van der Waals surface area contributed by atoms with Gasteiger partial charge in [0.25, 0.3) is 0 Å². The van der Waals surface area contributed by atoms with E-state index in [1.54, 1.807) is 0 Å². The van der Waals surface area contributed by atoms with Crippen molar-refractivity contribution in [3.63, 3.8) is 0 Å². The Kier molecular flexibility index (Phi) is 5.19. The summed E-state index contributed by atoms with van der Waals surface area (Å²) in [5.41, 5.74) is 1.02. The molecule has 1 aromatic rings. The molecular weight excluding hydrogens is 306 g/mol. The Labute approximate surface area is 142 Å². The summed E-state index contributed by atoms with van der Waals surface area (Å²) in [7, 11) is 0. The number of aliphatic carboxylic acids is 1. The van der Waals surface area contributed by atoms with Gasteiger partial charge in [-0.3, -0.25) is 9.59 Å². The molecule has 130 valence electrons. The Hall–Kier alpha value is -1.88. The Morgan fingerprint density at radius 1 is 1.21 bits per heavy atom. The third-order valence-electron chi connectivity index (χ3n) is 5.48. The zero-order valence-electron chi connectivity index (χ0n) is 13.9. The minimum Gasteiger partial charge on any atom is -0.481 e. The lowest BCUT2D eigenvalue weighted by atomic mass is 9.78. The number of hydrogen-bond donors (Lipinski definition) is 2. The molecule has 2 fully saturated rings. The van der Waals surface area contributed by atoms with Gasteiger partial charge in [0.1, 0.15) is 0 Å². The van der Waals surface area contributed by atoms with E-state index >= 15 is 0 Å². The smallest absolute Gasteiger partial charge is 0.306 e. The van der Waals surface area contributed by atoms with E-state index in [-0.39, 0.29) is 23.2 Å². The molecule has 1 aliphatic heterocycles. The molecule has 24 heavy (non-hydrogen) atoms.